The second-order valence-corrected chi connectivity index (χ2v) is 2.20. The average molecular weight is 158 g/mol. The molecule has 1 aromatic carbocycles. The van der Waals surface area contributed by atoms with E-state index in [1.54, 1.807) is 18.2 Å². The Morgan fingerprint density at radius 2 is 2.42 bits per heavy atom. The highest BCUT2D eigenvalue weighted by Crippen LogP contribution is 2.04. The van der Waals surface area contributed by atoms with Crippen molar-refractivity contribution < 1.29 is 0 Å². The van der Waals surface area contributed by atoms with Crippen molar-refractivity contribution in [3.05, 3.63) is 45.8 Å². The molecule has 58 valence electrons. The minimum atomic E-state index is 0.298. The molecule has 1 rings (SSSR count). The first kappa shape index (κ1) is 8.12. The zero-order valence-corrected chi connectivity index (χ0v) is 6.31. The van der Waals surface area contributed by atoms with Crippen LogP contribution >= 0.6 is 0 Å². The molecular weight excluding hydrogens is 152 g/mol. The third kappa shape index (κ3) is 2.01. The van der Waals surface area contributed by atoms with Crippen LogP contribution in [0.1, 0.15) is 11.1 Å². The fourth-order valence-electron chi connectivity index (χ4n) is 0.853. The van der Waals surface area contributed by atoms with Crippen molar-refractivity contribution in [2.75, 3.05) is 0 Å². The second kappa shape index (κ2) is 4.02. The largest absolute Gasteiger partial charge is 0.192 e. The van der Waals surface area contributed by atoms with E-state index < -0.39 is 0 Å². The average Bonchev–Trinajstić information content (AvgIpc) is 2.15. The van der Waals surface area contributed by atoms with Crippen LogP contribution in [0.15, 0.2) is 29.4 Å². The molecule has 0 radical (unpaired) electrons. The summed E-state index contributed by atoms with van der Waals surface area (Å²) in [5.74, 6) is 0. The molecule has 0 saturated heterocycles. The first-order valence-electron chi connectivity index (χ1n) is 3.36. The first-order valence-corrected chi connectivity index (χ1v) is 3.36. The maximum Gasteiger partial charge on any atom is 0.0991 e. The Balaban J connectivity index is 2.88. The predicted molar refractivity (Wildman–Crippen MR) is 44.0 cm³/mol. The summed E-state index contributed by atoms with van der Waals surface area (Å²) in [6.45, 7) is 0.298. The van der Waals surface area contributed by atoms with E-state index in [1.807, 2.05) is 12.1 Å². The van der Waals surface area contributed by atoms with Gasteiger partial charge in [-0.15, -0.1) is 0 Å². The van der Waals surface area contributed by atoms with Crippen molar-refractivity contribution in [3.8, 4) is 6.07 Å². The Kier molecular flexibility index (Phi) is 2.72. The topological polar surface area (TPSA) is 72.5 Å². The second-order valence-electron chi connectivity index (χ2n) is 2.20. The van der Waals surface area contributed by atoms with E-state index in [-0.39, 0.29) is 0 Å². The lowest BCUT2D eigenvalue weighted by molar-refractivity contribution is 1.05. The summed E-state index contributed by atoms with van der Waals surface area (Å²) < 4.78 is 0. The lowest BCUT2D eigenvalue weighted by atomic mass is 10.1. The van der Waals surface area contributed by atoms with Gasteiger partial charge in [0, 0.05) is 4.91 Å². The molecule has 0 heterocycles. The van der Waals surface area contributed by atoms with Gasteiger partial charge in [0.25, 0.3) is 0 Å². The highest BCUT2D eigenvalue weighted by atomic mass is 15.1. The third-order valence-electron chi connectivity index (χ3n) is 1.37. The summed E-state index contributed by atoms with van der Waals surface area (Å²) in [7, 11) is 0. The van der Waals surface area contributed by atoms with Crippen LogP contribution in [0.3, 0.4) is 0 Å². The number of hydrogen-bond donors (Lipinski definition) is 0. The number of nitrogens with zero attached hydrogens (tertiary/aromatic N) is 4. The molecule has 0 aliphatic rings. The summed E-state index contributed by atoms with van der Waals surface area (Å²) in [6, 6.07) is 9.00. The molecule has 0 spiro atoms. The summed E-state index contributed by atoms with van der Waals surface area (Å²) in [5, 5.41) is 11.9. The Morgan fingerprint density at radius 1 is 1.58 bits per heavy atom. The van der Waals surface area contributed by atoms with E-state index in [2.05, 4.69) is 10.0 Å². The van der Waals surface area contributed by atoms with Gasteiger partial charge in [0.1, 0.15) is 0 Å². The Bertz CT molecular complexity index is 358. The molecule has 0 atom stereocenters. The number of nitriles is 1. The molecule has 0 aromatic heterocycles. The van der Waals surface area contributed by atoms with Crippen LogP contribution in [0.2, 0.25) is 0 Å². The zero-order chi connectivity index (χ0) is 8.81. The van der Waals surface area contributed by atoms with E-state index in [4.69, 9.17) is 10.8 Å². The fraction of sp³-hybridized carbons (Fsp3) is 0.125. The Morgan fingerprint density at radius 3 is 3.08 bits per heavy atom. The predicted octanol–water partition coefficient (Wildman–Crippen LogP) is 2.37. The molecule has 0 amide bonds. The lowest BCUT2D eigenvalue weighted by Crippen LogP contribution is -1.81. The zero-order valence-electron chi connectivity index (χ0n) is 6.31. The smallest absolute Gasteiger partial charge is 0.0991 e. The van der Waals surface area contributed by atoms with Crippen LogP contribution in [0.4, 0.5) is 0 Å². The quantitative estimate of drug-likeness (QED) is 0.370. The van der Waals surface area contributed by atoms with Gasteiger partial charge in [-0.2, -0.15) is 5.26 Å². The molecule has 0 unspecified atom stereocenters. The molecule has 4 nitrogen and oxygen atoms in total. The van der Waals surface area contributed by atoms with Crippen LogP contribution in [0.25, 0.3) is 10.4 Å². The van der Waals surface area contributed by atoms with Crippen molar-refractivity contribution in [2.45, 2.75) is 6.54 Å². The summed E-state index contributed by atoms with van der Waals surface area (Å²) in [6.07, 6.45) is 0. The molecule has 0 N–H and O–H groups in total. The van der Waals surface area contributed by atoms with E-state index in [0.29, 0.717) is 12.1 Å². The highest BCUT2D eigenvalue weighted by Gasteiger charge is 1.91. The van der Waals surface area contributed by atoms with E-state index in [1.165, 1.54) is 0 Å². The molecule has 1 aromatic rings. The molecule has 0 bridgehead atoms. The van der Waals surface area contributed by atoms with Gasteiger partial charge in [0.15, 0.2) is 0 Å². The van der Waals surface area contributed by atoms with Gasteiger partial charge < -0.3 is 0 Å². The normalized spacial score (nSPS) is 8.25. The van der Waals surface area contributed by atoms with Crippen molar-refractivity contribution in [3.63, 3.8) is 0 Å². The van der Waals surface area contributed by atoms with Crippen LogP contribution in [0.5, 0.6) is 0 Å². The SMILES string of the molecule is N#Cc1cccc(CN=[N+]=[N-])c1. The van der Waals surface area contributed by atoms with Gasteiger partial charge in [-0.1, -0.05) is 17.2 Å². The standard InChI is InChI=1S/C8H6N4/c9-5-7-2-1-3-8(4-7)6-11-12-10/h1-4H,6H2. The van der Waals surface area contributed by atoms with Gasteiger partial charge in [-0.25, -0.2) is 0 Å². The van der Waals surface area contributed by atoms with Crippen molar-refractivity contribution in [1.29, 1.82) is 5.26 Å². The van der Waals surface area contributed by atoms with Crippen molar-refractivity contribution in [2.24, 2.45) is 5.11 Å². The molecule has 0 aliphatic heterocycles. The van der Waals surface area contributed by atoms with Gasteiger partial charge in [-0.3, -0.25) is 0 Å². The van der Waals surface area contributed by atoms with Gasteiger partial charge in [0.2, 0.25) is 0 Å². The fourth-order valence-corrected chi connectivity index (χ4v) is 0.853. The minimum Gasteiger partial charge on any atom is -0.192 e. The van der Waals surface area contributed by atoms with Crippen LogP contribution < -0.4 is 0 Å². The third-order valence-corrected chi connectivity index (χ3v) is 1.37. The highest BCUT2D eigenvalue weighted by molar-refractivity contribution is 5.32. The number of hydrogen-bond acceptors (Lipinski definition) is 2. The van der Waals surface area contributed by atoms with Crippen LogP contribution in [-0.4, -0.2) is 0 Å². The minimum absolute atomic E-state index is 0.298. The number of rotatable bonds is 2. The molecule has 0 fully saturated rings. The van der Waals surface area contributed by atoms with Gasteiger partial charge in [0.05, 0.1) is 18.2 Å². The molecule has 0 saturated carbocycles. The molecular formula is C8H6N4. The molecule has 4 heteroatoms. The van der Waals surface area contributed by atoms with Gasteiger partial charge >= 0.3 is 0 Å². The van der Waals surface area contributed by atoms with Crippen molar-refractivity contribution >= 4 is 0 Å². The van der Waals surface area contributed by atoms with Crippen LogP contribution in [0, 0.1) is 11.3 Å². The maximum atomic E-state index is 8.53. The lowest BCUT2D eigenvalue weighted by Gasteiger charge is -1.93. The maximum absolute atomic E-state index is 8.53. The summed E-state index contributed by atoms with van der Waals surface area (Å²) in [4.78, 5) is 2.63. The van der Waals surface area contributed by atoms with Crippen molar-refractivity contribution in [1.82, 2.24) is 0 Å². The molecule has 0 aliphatic carbocycles. The number of benzene rings is 1. The van der Waals surface area contributed by atoms with E-state index in [0.717, 1.165) is 5.56 Å². The Hall–Kier alpha value is -1.98. The van der Waals surface area contributed by atoms with E-state index in [9.17, 15) is 0 Å². The first-order chi connectivity index (χ1) is 5.86. The van der Waals surface area contributed by atoms with Crippen LogP contribution in [-0.2, 0) is 6.54 Å². The monoisotopic (exact) mass is 158 g/mol. The molecule has 12 heavy (non-hydrogen) atoms. The summed E-state index contributed by atoms with van der Waals surface area (Å²) in [5.41, 5.74) is 9.48. The van der Waals surface area contributed by atoms with Gasteiger partial charge in [-0.05, 0) is 23.2 Å². The number of azide groups is 1. The summed E-state index contributed by atoms with van der Waals surface area (Å²) >= 11 is 0. The van der Waals surface area contributed by atoms with E-state index >= 15 is 0 Å². The Labute approximate surface area is 69.7 Å².